The van der Waals surface area contributed by atoms with Gasteiger partial charge in [0.2, 0.25) is 27.7 Å². The third kappa shape index (κ3) is 7.92. The van der Waals surface area contributed by atoms with Gasteiger partial charge >= 0.3 is 6.09 Å². The summed E-state index contributed by atoms with van der Waals surface area (Å²) in [4.78, 5) is 62.8. The second-order valence-electron chi connectivity index (χ2n) is 17.6. The van der Waals surface area contributed by atoms with Crippen LogP contribution in [0.2, 0.25) is 0 Å². The molecule has 4 amide bonds. The number of nitrogens with zero attached hydrogens (tertiary/aromatic N) is 2. The van der Waals surface area contributed by atoms with Crippen molar-refractivity contribution in [1.29, 1.82) is 0 Å². The van der Waals surface area contributed by atoms with Crippen LogP contribution in [-0.4, -0.2) is 89.3 Å². The molecule has 3 N–H and O–H groups in total. The fourth-order valence-corrected chi connectivity index (χ4v) is 9.69. The summed E-state index contributed by atoms with van der Waals surface area (Å²) in [6.07, 6.45) is 8.66. The molecule has 2 saturated carbocycles. The first-order valence-corrected chi connectivity index (χ1v) is 21.5. The minimum absolute atomic E-state index is 0.00975. The van der Waals surface area contributed by atoms with Gasteiger partial charge in [0, 0.05) is 35.7 Å². The van der Waals surface area contributed by atoms with Gasteiger partial charge in [-0.2, -0.15) is 0 Å². The highest BCUT2D eigenvalue weighted by molar-refractivity contribution is 7.91. The number of nitrogens with one attached hydrogen (secondary N) is 3. The fraction of sp³-hybridized carbons (Fsp3) is 0.634. The van der Waals surface area contributed by atoms with Gasteiger partial charge in [-0.15, -0.1) is 0 Å². The number of ether oxygens (including phenoxy) is 3. The largest absolute Gasteiger partial charge is 0.492 e. The molecule has 15 heteroatoms. The molecule has 5 aliphatic rings. The van der Waals surface area contributed by atoms with Gasteiger partial charge in [-0.1, -0.05) is 38.5 Å². The van der Waals surface area contributed by atoms with Gasteiger partial charge in [-0.25, -0.2) is 18.2 Å². The van der Waals surface area contributed by atoms with Crippen LogP contribution in [0.25, 0.3) is 10.8 Å². The summed E-state index contributed by atoms with van der Waals surface area (Å²) in [6, 6.07) is 3.64. The predicted molar refractivity (Wildman–Crippen MR) is 208 cm³/mol. The summed E-state index contributed by atoms with van der Waals surface area (Å²) in [5.74, 6) is -1.34. The number of hydrogen-bond acceptors (Lipinski definition) is 10. The molecule has 0 radical (unpaired) electrons. The Balaban J connectivity index is 1.24. The molecule has 1 aromatic carbocycles. The molecule has 1 aromatic heterocycles. The van der Waals surface area contributed by atoms with Crippen molar-refractivity contribution in [2.45, 2.75) is 133 Å². The molecule has 1 saturated heterocycles. The van der Waals surface area contributed by atoms with Crippen molar-refractivity contribution in [3.8, 4) is 11.6 Å². The van der Waals surface area contributed by atoms with Gasteiger partial charge in [0.1, 0.15) is 35.1 Å². The first kappa shape index (κ1) is 39.8. The van der Waals surface area contributed by atoms with Crippen LogP contribution in [0.3, 0.4) is 0 Å². The highest BCUT2D eigenvalue weighted by atomic mass is 32.2. The van der Waals surface area contributed by atoms with E-state index in [4.69, 9.17) is 14.2 Å². The van der Waals surface area contributed by atoms with Gasteiger partial charge in [0.25, 0.3) is 5.91 Å². The Morgan fingerprint density at radius 1 is 1.12 bits per heavy atom. The highest BCUT2D eigenvalue weighted by Crippen LogP contribution is 2.48. The number of hydrogen-bond donors (Lipinski definition) is 3. The Hall–Kier alpha value is -4.40. The van der Waals surface area contributed by atoms with Crippen molar-refractivity contribution in [1.82, 2.24) is 25.2 Å². The van der Waals surface area contributed by atoms with Gasteiger partial charge < -0.3 is 29.7 Å². The first-order chi connectivity index (χ1) is 26.4. The number of fused-ring (bicyclic) bond motifs is 5. The molecule has 0 unspecified atom stereocenters. The van der Waals surface area contributed by atoms with Gasteiger partial charge in [0.15, 0.2) is 0 Å². The molecular formula is C41H55N5O9S. The number of rotatable bonds is 7. The zero-order chi connectivity index (χ0) is 40.2. The van der Waals surface area contributed by atoms with Crippen LogP contribution in [0.4, 0.5) is 4.79 Å². The van der Waals surface area contributed by atoms with E-state index in [-0.39, 0.29) is 31.2 Å². The number of sulfonamides is 1. The number of allylic oxidation sites excluding steroid dienone is 1. The van der Waals surface area contributed by atoms with E-state index in [1.165, 1.54) is 4.90 Å². The van der Waals surface area contributed by atoms with Crippen LogP contribution in [0.5, 0.6) is 11.6 Å². The molecule has 2 aromatic rings. The topological polar surface area (TPSA) is 182 Å². The van der Waals surface area contributed by atoms with Crippen molar-refractivity contribution in [3.05, 3.63) is 42.1 Å². The Morgan fingerprint density at radius 2 is 1.89 bits per heavy atom. The summed E-state index contributed by atoms with van der Waals surface area (Å²) in [6.45, 7) is 11.5. The molecule has 0 spiro atoms. The highest BCUT2D eigenvalue weighted by Gasteiger charge is 2.63. The van der Waals surface area contributed by atoms with Crippen molar-refractivity contribution in [2.24, 2.45) is 17.8 Å². The van der Waals surface area contributed by atoms with Crippen LogP contribution in [0.15, 0.2) is 36.5 Å². The maximum absolute atomic E-state index is 15.0. The minimum Gasteiger partial charge on any atom is -0.492 e. The lowest BCUT2D eigenvalue weighted by Gasteiger charge is -2.34. The molecule has 7 rings (SSSR count). The van der Waals surface area contributed by atoms with E-state index in [2.05, 4.69) is 27.3 Å². The number of carbonyl (C=O) groups excluding carboxylic acids is 4. The van der Waals surface area contributed by atoms with E-state index in [0.29, 0.717) is 44.6 Å². The van der Waals surface area contributed by atoms with E-state index in [9.17, 15) is 27.6 Å². The average molecular weight is 794 g/mol. The summed E-state index contributed by atoms with van der Waals surface area (Å²) in [5.41, 5.74) is -1.25. The monoisotopic (exact) mass is 793 g/mol. The van der Waals surface area contributed by atoms with Crippen molar-refractivity contribution in [2.75, 3.05) is 13.2 Å². The molecular weight excluding hydrogens is 739 g/mol. The number of aromatic nitrogens is 1. The minimum atomic E-state index is -4.00. The quantitative estimate of drug-likeness (QED) is 0.333. The van der Waals surface area contributed by atoms with Crippen LogP contribution < -0.4 is 24.8 Å². The third-order valence-electron chi connectivity index (χ3n) is 12.1. The van der Waals surface area contributed by atoms with Crippen molar-refractivity contribution < 1.29 is 41.8 Å². The molecule has 0 bridgehead atoms. The number of amides is 4. The SMILES string of the molecule is CC[C@@H]1C[C@H](C)CC/C=C\[C@@H]2C[C@@]2(C(=O)NS(=O)(=O)C2(C)CC2)NC(=O)[C@@H]2C[C@@H](Oc3nccc4c5c(ccc34)CCO5)CN2C(=O)[C@H]1NC(=O)OC(C)(C)C. The maximum Gasteiger partial charge on any atom is 0.408 e. The molecule has 2 aliphatic carbocycles. The first-order valence-electron chi connectivity index (χ1n) is 20.0. The second kappa shape index (κ2) is 14.8. The fourth-order valence-electron chi connectivity index (χ4n) is 8.38. The van der Waals surface area contributed by atoms with Crippen LogP contribution >= 0.6 is 0 Å². The van der Waals surface area contributed by atoms with E-state index in [0.717, 1.165) is 34.9 Å². The Morgan fingerprint density at radius 3 is 2.61 bits per heavy atom. The Kier molecular flexibility index (Phi) is 10.5. The van der Waals surface area contributed by atoms with E-state index >= 15 is 0 Å². The summed E-state index contributed by atoms with van der Waals surface area (Å²) in [7, 11) is -4.00. The number of carbonyl (C=O) groups is 4. The molecule has 3 fully saturated rings. The number of pyridine rings is 1. The summed E-state index contributed by atoms with van der Waals surface area (Å²) >= 11 is 0. The molecule has 14 nitrogen and oxygen atoms in total. The Labute approximate surface area is 328 Å². The second-order valence-corrected chi connectivity index (χ2v) is 19.8. The van der Waals surface area contributed by atoms with Gasteiger partial charge in [-0.05, 0) is 95.8 Å². The smallest absolute Gasteiger partial charge is 0.408 e. The third-order valence-corrected chi connectivity index (χ3v) is 14.3. The molecule has 7 atom stereocenters. The van der Waals surface area contributed by atoms with Crippen molar-refractivity contribution >= 4 is 44.6 Å². The molecule has 304 valence electrons. The number of benzene rings is 1. The average Bonchev–Trinajstić information content (AvgIpc) is 3.91. The number of alkyl carbamates (subject to hydrolysis) is 1. The Bertz CT molecular complexity index is 2040. The van der Waals surface area contributed by atoms with Crippen molar-refractivity contribution in [3.63, 3.8) is 0 Å². The standard InChI is InChI=1S/C41H55N5O9S/c1-7-25-20-24(2)10-8-9-11-27-22-41(27,37(49)45-56(51,52)40(6)16-17-40)44-34(47)31-21-28(23-46(31)36(48)32(25)43-38(50)55-39(3,4)5)54-35-30-13-12-26-15-19-53-33(26)29(30)14-18-42-35/h9,11-14,18,24-25,27-28,31-32H,7-8,10,15-17,19-23H2,1-6H3,(H,43,50)(H,44,47)(H,45,49)/b11-9-/t24-,25-,27-,28-,31+,32+,41-/m1/s1. The zero-order valence-electron chi connectivity index (χ0n) is 33.2. The normalized spacial score (nSPS) is 30.6. The zero-order valence-corrected chi connectivity index (χ0v) is 34.0. The predicted octanol–water partition coefficient (Wildman–Crippen LogP) is 4.69. The van der Waals surface area contributed by atoms with Crippen LogP contribution in [0, 0.1) is 17.8 Å². The van der Waals surface area contributed by atoms with E-state index in [1.807, 2.05) is 37.3 Å². The lowest BCUT2D eigenvalue weighted by Crippen LogP contribution is -2.59. The van der Waals surface area contributed by atoms with Crippen LogP contribution in [-0.2, 0) is 35.6 Å². The van der Waals surface area contributed by atoms with Crippen LogP contribution in [0.1, 0.15) is 98.5 Å². The lowest BCUT2D eigenvalue weighted by atomic mass is 9.85. The molecule has 4 heterocycles. The maximum atomic E-state index is 15.0. The van der Waals surface area contributed by atoms with E-state index in [1.54, 1.807) is 33.9 Å². The van der Waals surface area contributed by atoms with Gasteiger partial charge in [-0.3, -0.25) is 19.1 Å². The van der Waals surface area contributed by atoms with Gasteiger partial charge in [0.05, 0.1) is 17.9 Å². The lowest BCUT2D eigenvalue weighted by molar-refractivity contribution is -0.142. The van der Waals surface area contributed by atoms with E-state index < -0.39 is 73.8 Å². The summed E-state index contributed by atoms with van der Waals surface area (Å²) in [5, 5.41) is 7.38. The molecule has 56 heavy (non-hydrogen) atoms. The summed E-state index contributed by atoms with van der Waals surface area (Å²) < 4.78 is 45.8. The molecule has 3 aliphatic heterocycles.